The standard InChI is InChI=1S/C22H31ClN4O4/c1-22(2,3)31-21(30)27-12-5-9-18(27)19(28)25-10-6-11-26(14-13-25)20(29)24-17-8-4-7-16(23)15-17/h4,7-8,15,18H,5-6,9-14H2,1-3H3,(H,24,29). The van der Waals surface area contributed by atoms with E-state index in [-0.39, 0.29) is 11.9 Å². The van der Waals surface area contributed by atoms with Crippen molar-refractivity contribution >= 4 is 35.3 Å². The summed E-state index contributed by atoms with van der Waals surface area (Å²) in [5, 5.41) is 3.41. The van der Waals surface area contributed by atoms with Gasteiger partial charge in [0, 0.05) is 43.4 Å². The highest BCUT2D eigenvalue weighted by Crippen LogP contribution is 2.23. The Labute approximate surface area is 188 Å². The monoisotopic (exact) mass is 450 g/mol. The fourth-order valence-electron chi connectivity index (χ4n) is 3.88. The highest BCUT2D eigenvalue weighted by molar-refractivity contribution is 6.30. The van der Waals surface area contributed by atoms with Crippen molar-refractivity contribution in [3.8, 4) is 0 Å². The SMILES string of the molecule is CC(C)(C)OC(=O)N1CCCC1C(=O)N1CCCN(C(=O)Nc2cccc(Cl)c2)CC1. The predicted octanol–water partition coefficient (Wildman–Crippen LogP) is 3.81. The number of carbonyl (C=O) groups is 3. The van der Waals surface area contributed by atoms with Gasteiger partial charge in [-0.05, 0) is 58.2 Å². The van der Waals surface area contributed by atoms with Gasteiger partial charge in [0.2, 0.25) is 5.91 Å². The van der Waals surface area contributed by atoms with Crippen LogP contribution in [0.25, 0.3) is 0 Å². The molecule has 0 radical (unpaired) electrons. The Kier molecular flexibility index (Phi) is 7.30. The molecule has 9 heteroatoms. The third-order valence-corrected chi connectivity index (χ3v) is 5.57. The van der Waals surface area contributed by atoms with Crippen molar-refractivity contribution in [3.63, 3.8) is 0 Å². The third kappa shape index (κ3) is 6.26. The third-order valence-electron chi connectivity index (χ3n) is 5.34. The summed E-state index contributed by atoms with van der Waals surface area (Å²) in [6.45, 7) is 7.93. The Morgan fingerprint density at radius 2 is 1.74 bits per heavy atom. The van der Waals surface area contributed by atoms with E-state index in [4.69, 9.17) is 16.3 Å². The molecule has 2 aliphatic rings. The van der Waals surface area contributed by atoms with E-state index < -0.39 is 17.7 Å². The maximum Gasteiger partial charge on any atom is 0.410 e. The summed E-state index contributed by atoms with van der Waals surface area (Å²) in [4.78, 5) is 43.4. The Morgan fingerprint density at radius 1 is 1.03 bits per heavy atom. The summed E-state index contributed by atoms with van der Waals surface area (Å²) in [6, 6.07) is 6.28. The number of urea groups is 1. The topological polar surface area (TPSA) is 82.2 Å². The van der Waals surface area contributed by atoms with Crippen molar-refractivity contribution in [1.29, 1.82) is 0 Å². The molecule has 3 rings (SSSR count). The summed E-state index contributed by atoms with van der Waals surface area (Å²) >= 11 is 5.98. The fourth-order valence-corrected chi connectivity index (χ4v) is 4.07. The highest BCUT2D eigenvalue weighted by Gasteiger charge is 2.39. The number of benzene rings is 1. The molecule has 8 nitrogen and oxygen atoms in total. The molecule has 1 aromatic carbocycles. The lowest BCUT2D eigenvalue weighted by molar-refractivity contribution is -0.135. The highest BCUT2D eigenvalue weighted by atomic mass is 35.5. The molecule has 2 fully saturated rings. The summed E-state index contributed by atoms with van der Waals surface area (Å²) < 4.78 is 5.47. The van der Waals surface area contributed by atoms with Gasteiger partial charge in [0.15, 0.2) is 0 Å². The Hall–Kier alpha value is -2.48. The molecule has 1 atom stereocenters. The number of halogens is 1. The van der Waals surface area contributed by atoms with Crippen LogP contribution in [0.2, 0.25) is 5.02 Å². The average Bonchev–Trinajstić information content (AvgIpc) is 3.04. The van der Waals surface area contributed by atoms with Gasteiger partial charge in [0.25, 0.3) is 0 Å². The molecule has 0 saturated carbocycles. The number of rotatable bonds is 2. The lowest BCUT2D eigenvalue weighted by Gasteiger charge is -2.31. The first kappa shape index (κ1) is 23.2. The molecule has 2 saturated heterocycles. The van der Waals surface area contributed by atoms with Gasteiger partial charge >= 0.3 is 12.1 Å². The number of hydrogen-bond donors (Lipinski definition) is 1. The second-order valence-electron chi connectivity index (χ2n) is 8.94. The second kappa shape index (κ2) is 9.77. The van der Waals surface area contributed by atoms with Crippen molar-refractivity contribution < 1.29 is 19.1 Å². The summed E-state index contributed by atoms with van der Waals surface area (Å²) in [7, 11) is 0. The number of anilines is 1. The van der Waals surface area contributed by atoms with Gasteiger partial charge in [-0.3, -0.25) is 9.69 Å². The van der Waals surface area contributed by atoms with Crippen LogP contribution in [0.5, 0.6) is 0 Å². The van der Waals surface area contributed by atoms with Crippen LogP contribution in [0.1, 0.15) is 40.0 Å². The van der Waals surface area contributed by atoms with Crippen molar-refractivity contribution in [2.24, 2.45) is 0 Å². The van der Waals surface area contributed by atoms with Crippen molar-refractivity contribution in [1.82, 2.24) is 14.7 Å². The molecule has 0 aliphatic carbocycles. The van der Waals surface area contributed by atoms with Crippen LogP contribution in [-0.2, 0) is 9.53 Å². The van der Waals surface area contributed by atoms with E-state index in [1.165, 1.54) is 0 Å². The smallest absolute Gasteiger partial charge is 0.410 e. The van der Waals surface area contributed by atoms with Crippen LogP contribution in [-0.4, -0.2) is 77.1 Å². The zero-order valence-corrected chi connectivity index (χ0v) is 19.2. The van der Waals surface area contributed by atoms with Crippen LogP contribution < -0.4 is 5.32 Å². The molecular formula is C22H31ClN4O4. The minimum Gasteiger partial charge on any atom is -0.444 e. The van der Waals surface area contributed by atoms with Gasteiger partial charge in [-0.25, -0.2) is 9.59 Å². The van der Waals surface area contributed by atoms with Gasteiger partial charge in [0.05, 0.1) is 0 Å². The number of ether oxygens (including phenoxy) is 1. The first-order chi connectivity index (χ1) is 14.6. The van der Waals surface area contributed by atoms with Crippen molar-refractivity contribution in [2.45, 2.75) is 51.7 Å². The number of likely N-dealkylation sites (tertiary alicyclic amines) is 1. The molecular weight excluding hydrogens is 420 g/mol. The summed E-state index contributed by atoms with van der Waals surface area (Å²) in [5.41, 5.74) is 0.0286. The minimum absolute atomic E-state index is 0.0690. The van der Waals surface area contributed by atoms with E-state index in [2.05, 4.69) is 5.32 Å². The number of carbonyl (C=O) groups excluding carboxylic acids is 3. The van der Waals surface area contributed by atoms with Crippen molar-refractivity contribution in [3.05, 3.63) is 29.3 Å². The quantitative estimate of drug-likeness (QED) is 0.742. The first-order valence-electron chi connectivity index (χ1n) is 10.7. The van der Waals surface area contributed by atoms with Crippen LogP contribution in [0.15, 0.2) is 24.3 Å². The van der Waals surface area contributed by atoms with Gasteiger partial charge in [-0.15, -0.1) is 0 Å². The predicted molar refractivity (Wildman–Crippen MR) is 119 cm³/mol. The van der Waals surface area contributed by atoms with E-state index in [1.54, 1.807) is 39.0 Å². The van der Waals surface area contributed by atoms with Gasteiger partial charge < -0.3 is 19.9 Å². The molecule has 4 amide bonds. The zero-order valence-electron chi connectivity index (χ0n) is 18.4. The Balaban J connectivity index is 1.57. The first-order valence-corrected chi connectivity index (χ1v) is 11.1. The van der Waals surface area contributed by atoms with E-state index >= 15 is 0 Å². The van der Waals surface area contributed by atoms with Gasteiger partial charge in [0.1, 0.15) is 11.6 Å². The molecule has 1 N–H and O–H groups in total. The van der Waals surface area contributed by atoms with E-state index in [9.17, 15) is 14.4 Å². The maximum absolute atomic E-state index is 13.2. The Bertz CT molecular complexity index is 826. The number of nitrogens with zero attached hydrogens (tertiary/aromatic N) is 3. The number of nitrogens with one attached hydrogen (secondary N) is 1. The largest absolute Gasteiger partial charge is 0.444 e. The van der Waals surface area contributed by atoms with Crippen LogP contribution in [0, 0.1) is 0 Å². The lowest BCUT2D eigenvalue weighted by atomic mass is 10.2. The van der Waals surface area contributed by atoms with Crippen LogP contribution >= 0.6 is 11.6 Å². The molecule has 2 heterocycles. The molecule has 1 unspecified atom stereocenters. The molecule has 0 spiro atoms. The Morgan fingerprint density at radius 3 is 2.45 bits per heavy atom. The normalized spacial score (nSPS) is 19.7. The second-order valence-corrected chi connectivity index (χ2v) is 9.37. The van der Waals surface area contributed by atoms with Gasteiger partial charge in [-0.2, -0.15) is 0 Å². The fraction of sp³-hybridized carbons (Fsp3) is 0.591. The molecule has 0 aromatic heterocycles. The summed E-state index contributed by atoms with van der Waals surface area (Å²) in [6.07, 6.45) is 1.64. The molecule has 2 aliphatic heterocycles. The summed E-state index contributed by atoms with van der Waals surface area (Å²) in [5.74, 6) is -0.0690. The molecule has 170 valence electrons. The van der Waals surface area contributed by atoms with E-state index in [0.717, 1.165) is 6.42 Å². The minimum atomic E-state index is -0.604. The molecule has 31 heavy (non-hydrogen) atoms. The molecule has 0 bridgehead atoms. The average molecular weight is 451 g/mol. The van der Waals surface area contributed by atoms with Gasteiger partial charge in [-0.1, -0.05) is 17.7 Å². The van der Waals surface area contributed by atoms with E-state index in [1.807, 2.05) is 20.8 Å². The zero-order chi connectivity index (χ0) is 22.6. The number of hydrogen-bond acceptors (Lipinski definition) is 4. The van der Waals surface area contributed by atoms with Crippen molar-refractivity contribution in [2.75, 3.05) is 38.0 Å². The lowest BCUT2D eigenvalue weighted by Crippen LogP contribution is -2.50. The molecule has 1 aromatic rings. The maximum atomic E-state index is 13.2. The van der Waals surface area contributed by atoms with Crippen LogP contribution in [0.4, 0.5) is 15.3 Å². The number of amides is 4. The van der Waals surface area contributed by atoms with E-state index in [0.29, 0.717) is 56.3 Å². The van der Waals surface area contributed by atoms with Crippen LogP contribution in [0.3, 0.4) is 0 Å².